The van der Waals surface area contributed by atoms with Gasteiger partial charge in [0.25, 0.3) is 0 Å². The number of aliphatic carboxylic acids is 1. The van der Waals surface area contributed by atoms with Crippen molar-refractivity contribution in [2.24, 2.45) is 0 Å². The number of hydrogen-bond acceptors (Lipinski definition) is 4. The molecule has 7 heteroatoms. The van der Waals surface area contributed by atoms with Gasteiger partial charge in [-0.15, -0.1) is 0 Å². The minimum Gasteiger partial charge on any atom is -0.481 e. The number of carbonyl (C=O) groups is 3. The third-order valence-corrected chi connectivity index (χ3v) is 5.38. The Morgan fingerprint density at radius 3 is 2.75 bits per heavy atom. The van der Waals surface area contributed by atoms with Crippen molar-refractivity contribution in [2.45, 2.75) is 50.6 Å². The fraction of sp³-hybridized carbons (Fsp3) is 0.429. The molecule has 1 aromatic heterocycles. The van der Waals surface area contributed by atoms with Crippen LogP contribution in [0.25, 0.3) is 10.9 Å². The summed E-state index contributed by atoms with van der Waals surface area (Å²) in [6.07, 6.45) is 3.77. The number of nitrogens with zero attached hydrogens (tertiary/aromatic N) is 2. The van der Waals surface area contributed by atoms with E-state index in [1.807, 2.05) is 30.3 Å². The smallest absolute Gasteiger partial charge is 0.303 e. The number of nitrogens with one attached hydrogen (secondary N) is 1. The summed E-state index contributed by atoms with van der Waals surface area (Å²) in [4.78, 5) is 41.2. The predicted molar refractivity (Wildman–Crippen MR) is 104 cm³/mol. The minimum absolute atomic E-state index is 0.0184. The van der Waals surface area contributed by atoms with Crippen LogP contribution in [0, 0.1) is 0 Å². The summed E-state index contributed by atoms with van der Waals surface area (Å²) >= 11 is 0. The van der Waals surface area contributed by atoms with Gasteiger partial charge in [0.2, 0.25) is 11.8 Å². The first-order chi connectivity index (χ1) is 13.4. The molecule has 1 atom stereocenters. The summed E-state index contributed by atoms with van der Waals surface area (Å²) in [7, 11) is 1.76. The van der Waals surface area contributed by atoms with Crippen LogP contribution >= 0.6 is 0 Å². The van der Waals surface area contributed by atoms with Crippen LogP contribution in [-0.4, -0.2) is 45.4 Å². The molecular weight excluding hydrogens is 358 g/mol. The number of pyridine rings is 1. The molecule has 0 bridgehead atoms. The van der Waals surface area contributed by atoms with Crippen LogP contribution < -0.4 is 5.32 Å². The van der Waals surface area contributed by atoms with E-state index in [2.05, 4.69) is 10.3 Å². The molecule has 0 saturated carbocycles. The van der Waals surface area contributed by atoms with Gasteiger partial charge in [-0.25, -0.2) is 0 Å². The summed E-state index contributed by atoms with van der Waals surface area (Å²) < 4.78 is 0. The summed E-state index contributed by atoms with van der Waals surface area (Å²) in [6, 6.07) is 9.80. The number of aromatic nitrogens is 1. The lowest BCUT2D eigenvalue weighted by molar-refractivity contribution is -0.137. The van der Waals surface area contributed by atoms with E-state index in [9.17, 15) is 14.4 Å². The molecule has 7 nitrogen and oxygen atoms in total. The first kappa shape index (κ1) is 19.8. The molecule has 1 aromatic carbocycles. The molecule has 148 valence electrons. The van der Waals surface area contributed by atoms with Crippen molar-refractivity contribution in [3.05, 3.63) is 42.1 Å². The van der Waals surface area contributed by atoms with Gasteiger partial charge in [0.1, 0.15) is 0 Å². The number of benzene rings is 1. The van der Waals surface area contributed by atoms with Crippen molar-refractivity contribution in [3.8, 4) is 0 Å². The first-order valence-electron chi connectivity index (χ1n) is 9.47. The standard InChI is InChI=1S/C21H25N3O4/c1-24(14-15-4-5-17-16(13-15)3-2-12-22-17)19(26)7-10-21(11-8-20(27)28)9-6-18(25)23-21/h2-5,12-13H,6-11,14H2,1H3,(H,23,25)(H,27,28). The molecule has 1 saturated heterocycles. The second-order valence-corrected chi connectivity index (χ2v) is 7.50. The van der Waals surface area contributed by atoms with E-state index in [4.69, 9.17) is 5.11 Å². The van der Waals surface area contributed by atoms with Crippen LogP contribution in [0.15, 0.2) is 36.5 Å². The highest BCUT2D eigenvalue weighted by molar-refractivity contribution is 5.81. The average molecular weight is 383 g/mol. The van der Waals surface area contributed by atoms with Crippen LogP contribution in [0.2, 0.25) is 0 Å². The number of amides is 2. The third-order valence-electron chi connectivity index (χ3n) is 5.38. The van der Waals surface area contributed by atoms with E-state index >= 15 is 0 Å². The maximum atomic E-state index is 12.6. The zero-order valence-corrected chi connectivity index (χ0v) is 16.0. The number of fused-ring (bicyclic) bond motifs is 1. The fourth-order valence-electron chi connectivity index (χ4n) is 3.74. The molecular formula is C21H25N3O4. The first-order valence-corrected chi connectivity index (χ1v) is 9.47. The molecule has 3 rings (SSSR count). The quantitative estimate of drug-likeness (QED) is 0.730. The molecule has 1 fully saturated rings. The van der Waals surface area contributed by atoms with Crippen LogP contribution in [0.3, 0.4) is 0 Å². The second-order valence-electron chi connectivity index (χ2n) is 7.50. The van der Waals surface area contributed by atoms with E-state index in [0.717, 1.165) is 16.5 Å². The summed E-state index contributed by atoms with van der Waals surface area (Å²) in [5.41, 5.74) is 1.35. The molecule has 28 heavy (non-hydrogen) atoms. The van der Waals surface area contributed by atoms with Gasteiger partial charge in [-0.2, -0.15) is 0 Å². The van der Waals surface area contributed by atoms with E-state index < -0.39 is 11.5 Å². The van der Waals surface area contributed by atoms with Gasteiger partial charge >= 0.3 is 5.97 Å². The van der Waals surface area contributed by atoms with Gasteiger partial charge in [0, 0.05) is 50.0 Å². The normalized spacial score (nSPS) is 18.8. The zero-order valence-electron chi connectivity index (χ0n) is 16.0. The topological polar surface area (TPSA) is 99.6 Å². The van der Waals surface area contributed by atoms with Gasteiger partial charge in [0.05, 0.1) is 5.52 Å². The molecule has 0 aliphatic carbocycles. The molecule has 1 aliphatic rings. The van der Waals surface area contributed by atoms with E-state index in [1.165, 1.54) is 0 Å². The van der Waals surface area contributed by atoms with E-state index in [1.54, 1.807) is 18.1 Å². The van der Waals surface area contributed by atoms with Gasteiger partial charge in [0.15, 0.2) is 0 Å². The Kier molecular flexibility index (Phi) is 5.92. The molecule has 1 aliphatic heterocycles. The lowest BCUT2D eigenvalue weighted by atomic mass is 9.86. The Hall–Kier alpha value is -2.96. The maximum absolute atomic E-state index is 12.6. The number of hydrogen-bond donors (Lipinski definition) is 2. The molecule has 0 spiro atoms. The Balaban J connectivity index is 1.59. The minimum atomic E-state index is -0.894. The molecule has 2 N–H and O–H groups in total. The van der Waals surface area contributed by atoms with Crippen molar-refractivity contribution in [1.82, 2.24) is 15.2 Å². The SMILES string of the molecule is CN(Cc1ccc2ncccc2c1)C(=O)CCC1(CCC(=O)O)CCC(=O)N1. The van der Waals surface area contributed by atoms with Crippen LogP contribution in [-0.2, 0) is 20.9 Å². The van der Waals surface area contributed by atoms with Crippen molar-refractivity contribution in [3.63, 3.8) is 0 Å². The van der Waals surface area contributed by atoms with Crippen molar-refractivity contribution in [2.75, 3.05) is 7.05 Å². The Morgan fingerprint density at radius 2 is 2.04 bits per heavy atom. The Bertz CT molecular complexity index is 898. The van der Waals surface area contributed by atoms with E-state index in [-0.39, 0.29) is 24.7 Å². The summed E-state index contributed by atoms with van der Waals surface area (Å²) in [5.74, 6) is -0.993. The monoisotopic (exact) mass is 383 g/mol. The summed E-state index contributed by atoms with van der Waals surface area (Å²) in [5, 5.41) is 12.9. The number of rotatable bonds is 8. The van der Waals surface area contributed by atoms with Gasteiger partial charge in [-0.1, -0.05) is 12.1 Å². The maximum Gasteiger partial charge on any atom is 0.303 e. The highest BCUT2D eigenvalue weighted by Crippen LogP contribution is 2.30. The lowest BCUT2D eigenvalue weighted by Gasteiger charge is -2.29. The number of carboxylic acids is 1. The van der Waals surface area contributed by atoms with Gasteiger partial charge in [-0.3, -0.25) is 19.4 Å². The largest absolute Gasteiger partial charge is 0.481 e. The average Bonchev–Trinajstić information content (AvgIpc) is 3.05. The number of carboxylic acid groups (broad SMARTS) is 1. The highest BCUT2D eigenvalue weighted by atomic mass is 16.4. The van der Waals surface area contributed by atoms with Gasteiger partial charge in [-0.05, 0) is 43.0 Å². The van der Waals surface area contributed by atoms with Crippen molar-refractivity contribution < 1.29 is 19.5 Å². The molecule has 1 unspecified atom stereocenters. The predicted octanol–water partition coefficient (Wildman–Crippen LogP) is 2.49. The van der Waals surface area contributed by atoms with Crippen LogP contribution in [0.1, 0.15) is 44.1 Å². The highest BCUT2D eigenvalue weighted by Gasteiger charge is 2.38. The number of carbonyl (C=O) groups excluding carboxylic acids is 2. The molecule has 2 heterocycles. The molecule has 2 aromatic rings. The van der Waals surface area contributed by atoms with E-state index in [0.29, 0.717) is 32.2 Å². The van der Waals surface area contributed by atoms with Crippen molar-refractivity contribution >= 4 is 28.7 Å². The Labute approximate surface area is 163 Å². The van der Waals surface area contributed by atoms with Gasteiger partial charge < -0.3 is 15.3 Å². The fourth-order valence-corrected chi connectivity index (χ4v) is 3.74. The Morgan fingerprint density at radius 1 is 1.25 bits per heavy atom. The third kappa shape index (κ3) is 4.85. The van der Waals surface area contributed by atoms with Crippen LogP contribution in [0.4, 0.5) is 0 Å². The van der Waals surface area contributed by atoms with Crippen LogP contribution in [0.5, 0.6) is 0 Å². The second kappa shape index (κ2) is 8.37. The lowest BCUT2D eigenvalue weighted by Crippen LogP contribution is -2.43. The molecule has 2 amide bonds. The molecule has 0 radical (unpaired) electrons. The summed E-state index contributed by atoms with van der Waals surface area (Å²) in [6.45, 7) is 0.484. The zero-order chi connectivity index (χ0) is 20.1. The van der Waals surface area contributed by atoms with Crippen molar-refractivity contribution in [1.29, 1.82) is 0 Å².